The van der Waals surface area contributed by atoms with Gasteiger partial charge in [0.15, 0.2) is 0 Å². The van der Waals surface area contributed by atoms with Gasteiger partial charge in [-0.25, -0.2) is 9.18 Å². The van der Waals surface area contributed by atoms with Gasteiger partial charge in [0.1, 0.15) is 11.9 Å². The van der Waals surface area contributed by atoms with Crippen molar-refractivity contribution in [3.63, 3.8) is 0 Å². The second-order valence-electron chi connectivity index (χ2n) is 3.93. The Bertz CT molecular complexity index is 436. The van der Waals surface area contributed by atoms with E-state index in [1.807, 2.05) is 0 Å². The summed E-state index contributed by atoms with van der Waals surface area (Å²) in [7, 11) is 1.27. The van der Waals surface area contributed by atoms with E-state index in [0.29, 0.717) is 5.75 Å². The largest absolute Gasteiger partial charge is 0.467 e. The molecule has 104 valence electrons. The van der Waals surface area contributed by atoms with Crippen LogP contribution in [0.25, 0.3) is 0 Å². The number of hydrogen-bond donors (Lipinski definition) is 1. The average Bonchev–Trinajstić information content (AvgIpc) is 2.40. The molecule has 1 amide bonds. The molecule has 0 spiro atoms. The molecule has 0 heterocycles. The predicted molar refractivity (Wildman–Crippen MR) is 72.2 cm³/mol. The van der Waals surface area contributed by atoms with Gasteiger partial charge in [-0.05, 0) is 24.6 Å². The number of thioether (sulfide) groups is 1. The molecule has 1 unspecified atom stereocenters. The number of carbonyl (C=O) groups excluding carboxylic acids is 2. The van der Waals surface area contributed by atoms with Gasteiger partial charge in [-0.2, -0.15) is 0 Å². The Balaban J connectivity index is 2.27. The molecule has 1 rings (SSSR count). The summed E-state index contributed by atoms with van der Waals surface area (Å²) in [5.74, 6) is -0.140. The normalized spacial score (nSPS) is 11.7. The Kier molecular flexibility index (Phi) is 6.35. The summed E-state index contributed by atoms with van der Waals surface area (Å²) < 4.78 is 17.2. The average molecular weight is 285 g/mol. The van der Waals surface area contributed by atoms with Crippen molar-refractivity contribution in [3.05, 3.63) is 35.6 Å². The molecular formula is C13H16FNO3S. The topological polar surface area (TPSA) is 55.4 Å². The zero-order valence-electron chi connectivity index (χ0n) is 10.8. The van der Waals surface area contributed by atoms with Crippen molar-refractivity contribution < 1.29 is 18.7 Å². The van der Waals surface area contributed by atoms with Crippen molar-refractivity contribution in [1.29, 1.82) is 0 Å². The highest BCUT2D eigenvalue weighted by Crippen LogP contribution is 2.12. The molecule has 19 heavy (non-hydrogen) atoms. The molecule has 1 aromatic rings. The van der Waals surface area contributed by atoms with Crippen LogP contribution in [-0.4, -0.2) is 30.8 Å². The standard InChI is InChI=1S/C13H16FNO3S/c1-9(13(17)18-2)15-12(16)8-19-7-10-3-5-11(14)6-4-10/h3-6,9H,7-8H2,1-2H3,(H,15,16). The number of rotatable bonds is 6. The van der Waals surface area contributed by atoms with E-state index in [4.69, 9.17) is 0 Å². The van der Waals surface area contributed by atoms with Gasteiger partial charge in [0, 0.05) is 5.75 Å². The van der Waals surface area contributed by atoms with Crippen LogP contribution in [0.3, 0.4) is 0 Å². The number of benzene rings is 1. The van der Waals surface area contributed by atoms with Gasteiger partial charge >= 0.3 is 5.97 Å². The number of amides is 1. The first-order chi connectivity index (χ1) is 9.02. The number of carbonyl (C=O) groups is 2. The minimum atomic E-state index is -0.649. The lowest BCUT2D eigenvalue weighted by molar-refractivity contribution is -0.144. The van der Waals surface area contributed by atoms with Crippen LogP contribution < -0.4 is 5.32 Å². The quantitative estimate of drug-likeness (QED) is 0.809. The van der Waals surface area contributed by atoms with E-state index >= 15 is 0 Å². The lowest BCUT2D eigenvalue weighted by Gasteiger charge is -2.11. The van der Waals surface area contributed by atoms with Gasteiger partial charge in [0.25, 0.3) is 0 Å². The summed E-state index contributed by atoms with van der Waals surface area (Å²) in [6.45, 7) is 1.56. The molecule has 0 saturated carbocycles. The molecule has 1 aromatic carbocycles. The van der Waals surface area contributed by atoms with E-state index in [1.54, 1.807) is 19.1 Å². The summed E-state index contributed by atoms with van der Waals surface area (Å²) in [5.41, 5.74) is 0.945. The van der Waals surface area contributed by atoms with Gasteiger partial charge < -0.3 is 10.1 Å². The molecule has 4 nitrogen and oxygen atoms in total. The Hall–Kier alpha value is -1.56. The minimum absolute atomic E-state index is 0.231. The maximum atomic E-state index is 12.7. The third-order valence-electron chi connectivity index (χ3n) is 2.35. The minimum Gasteiger partial charge on any atom is -0.467 e. The van der Waals surface area contributed by atoms with Crippen LogP contribution in [0.2, 0.25) is 0 Å². The summed E-state index contributed by atoms with van der Waals surface area (Å²) in [6.07, 6.45) is 0. The molecule has 0 fully saturated rings. The van der Waals surface area contributed by atoms with Gasteiger partial charge in [0.05, 0.1) is 12.9 Å². The molecule has 0 bridgehead atoms. The lowest BCUT2D eigenvalue weighted by atomic mass is 10.2. The van der Waals surface area contributed by atoms with E-state index in [2.05, 4.69) is 10.1 Å². The second-order valence-corrected chi connectivity index (χ2v) is 4.92. The van der Waals surface area contributed by atoms with Crippen LogP contribution in [0.1, 0.15) is 12.5 Å². The highest BCUT2D eigenvalue weighted by molar-refractivity contribution is 7.99. The SMILES string of the molecule is COC(=O)C(C)NC(=O)CSCc1ccc(F)cc1. The van der Waals surface area contributed by atoms with Crippen LogP contribution in [0, 0.1) is 5.82 Å². The fourth-order valence-electron chi connectivity index (χ4n) is 1.36. The van der Waals surface area contributed by atoms with Crippen molar-refractivity contribution in [2.24, 2.45) is 0 Å². The molecule has 0 aliphatic carbocycles. The summed E-state index contributed by atoms with van der Waals surface area (Å²) in [4.78, 5) is 22.6. The molecule has 1 N–H and O–H groups in total. The third kappa shape index (κ3) is 5.74. The molecule has 0 aliphatic heterocycles. The fourth-order valence-corrected chi connectivity index (χ4v) is 2.16. The van der Waals surface area contributed by atoms with Crippen LogP contribution >= 0.6 is 11.8 Å². The summed E-state index contributed by atoms with van der Waals surface area (Å²) in [6, 6.07) is 5.48. The van der Waals surface area contributed by atoms with Crippen LogP contribution in [0.15, 0.2) is 24.3 Å². The maximum absolute atomic E-state index is 12.7. The van der Waals surface area contributed by atoms with Crippen molar-refractivity contribution in [2.45, 2.75) is 18.7 Å². The molecule has 0 aromatic heterocycles. The second kappa shape index (κ2) is 7.78. The van der Waals surface area contributed by atoms with Crippen molar-refractivity contribution in [3.8, 4) is 0 Å². The van der Waals surface area contributed by atoms with E-state index in [-0.39, 0.29) is 17.5 Å². The molecule has 6 heteroatoms. The van der Waals surface area contributed by atoms with E-state index in [0.717, 1.165) is 5.56 Å². The third-order valence-corrected chi connectivity index (χ3v) is 3.35. The Morgan fingerprint density at radius 3 is 2.58 bits per heavy atom. The Morgan fingerprint density at radius 1 is 1.37 bits per heavy atom. The van der Waals surface area contributed by atoms with Gasteiger partial charge in [-0.15, -0.1) is 11.8 Å². The summed E-state index contributed by atoms with van der Waals surface area (Å²) >= 11 is 1.40. The Labute approximate surface area is 115 Å². The van der Waals surface area contributed by atoms with Crippen LogP contribution in [0.4, 0.5) is 4.39 Å². The number of hydrogen-bond acceptors (Lipinski definition) is 4. The van der Waals surface area contributed by atoms with E-state index in [1.165, 1.54) is 31.0 Å². The highest BCUT2D eigenvalue weighted by Gasteiger charge is 2.15. The van der Waals surface area contributed by atoms with Gasteiger partial charge in [0.2, 0.25) is 5.91 Å². The van der Waals surface area contributed by atoms with Crippen LogP contribution in [0.5, 0.6) is 0 Å². The Morgan fingerprint density at radius 2 is 2.00 bits per heavy atom. The lowest BCUT2D eigenvalue weighted by Crippen LogP contribution is -2.40. The highest BCUT2D eigenvalue weighted by atomic mass is 32.2. The zero-order chi connectivity index (χ0) is 14.3. The molecule has 0 saturated heterocycles. The molecule has 0 radical (unpaired) electrons. The van der Waals surface area contributed by atoms with Crippen LogP contribution in [-0.2, 0) is 20.1 Å². The smallest absolute Gasteiger partial charge is 0.328 e. The fraction of sp³-hybridized carbons (Fsp3) is 0.385. The zero-order valence-corrected chi connectivity index (χ0v) is 11.6. The number of nitrogens with one attached hydrogen (secondary N) is 1. The molecule has 1 atom stereocenters. The first-order valence-corrected chi connectivity index (χ1v) is 6.87. The van der Waals surface area contributed by atoms with E-state index in [9.17, 15) is 14.0 Å². The first-order valence-electron chi connectivity index (χ1n) is 5.72. The number of ether oxygens (including phenoxy) is 1. The summed E-state index contributed by atoms with van der Waals surface area (Å²) in [5, 5.41) is 2.53. The van der Waals surface area contributed by atoms with Crippen molar-refractivity contribution in [1.82, 2.24) is 5.32 Å². The molecule has 0 aliphatic rings. The monoisotopic (exact) mass is 285 g/mol. The van der Waals surface area contributed by atoms with Gasteiger partial charge in [-0.1, -0.05) is 12.1 Å². The maximum Gasteiger partial charge on any atom is 0.328 e. The van der Waals surface area contributed by atoms with E-state index < -0.39 is 12.0 Å². The number of methoxy groups -OCH3 is 1. The number of halogens is 1. The van der Waals surface area contributed by atoms with Crippen molar-refractivity contribution in [2.75, 3.05) is 12.9 Å². The van der Waals surface area contributed by atoms with Gasteiger partial charge in [-0.3, -0.25) is 4.79 Å². The first kappa shape index (κ1) is 15.5. The van der Waals surface area contributed by atoms with Crippen molar-refractivity contribution >= 4 is 23.6 Å². The molecular weight excluding hydrogens is 269 g/mol. The number of esters is 1. The predicted octanol–water partition coefficient (Wildman–Crippen LogP) is 1.74.